The number of pyridine rings is 1. The average molecular weight is 444 g/mol. The van der Waals surface area contributed by atoms with Gasteiger partial charge in [0.05, 0.1) is 18.9 Å². The molecule has 0 unspecified atom stereocenters. The molecule has 33 heavy (non-hydrogen) atoms. The maximum atomic E-state index is 12.7. The van der Waals surface area contributed by atoms with Crippen LogP contribution in [0, 0.1) is 0 Å². The van der Waals surface area contributed by atoms with Crippen molar-refractivity contribution in [3.8, 4) is 22.6 Å². The molecule has 1 aliphatic rings. The lowest BCUT2D eigenvalue weighted by molar-refractivity contribution is 0.0303. The number of fused-ring (bicyclic) bond motifs is 1. The minimum atomic E-state index is -1.07. The Balaban J connectivity index is 1.47. The Morgan fingerprint density at radius 3 is 2.48 bits per heavy atom. The zero-order chi connectivity index (χ0) is 23.0. The fourth-order valence-corrected chi connectivity index (χ4v) is 3.84. The van der Waals surface area contributed by atoms with Gasteiger partial charge in [0.1, 0.15) is 28.9 Å². The van der Waals surface area contributed by atoms with Gasteiger partial charge >= 0.3 is 0 Å². The van der Waals surface area contributed by atoms with Crippen LogP contribution in [0.1, 0.15) is 29.9 Å². The number of nitrogens with zero attached hydrogens (tertiary/aromatic N) is 4. The highest BCUT2D eigenvalue weighted by Crippen LogP contribution is 2.33. The molecule has 0 aliphatic carbocycles. The van der Waals surface area contributed by atoms with E-state index in [9.17, 15) is 9.90 Å². The number of aliphatic hydroxyl groups is 1. The number of benzene rings is 1. The Labute approximate surface area is 190 Å². The molecule has 0 saturated carbocycles. The quantitative estimate of drug-likeness (QED) is 0.513. The molecule has 1 fully saturated rings. The van der Waals surface area contributed by atoms with E-state index in [1.807, 2.05) is 36.4 Å². The van der Waals surface area contributed by atoms with E-state index in [0.717, 1.165) is 11.1 Å². The van der Waals surface area contributed by atoms with Crippen molar-refractivity contribution in [2.75, 3.05) is 26.3 Å². The number of furan rings is 1. The molecule has 1 aliphatic heterocycles. The van der Waals surface area contributed by atoms with Gasteiger partial charge in [-0.3, -0.25) is 9.78 Å². The van der Waals surface area contributed by atoms with Crippen molar-refractivity contribution in [3.63, 3.8) is 0 Å². The summed E-state index contributed by atoms with van der Waals surface area (Å²) in [6.07, 6.45) is 3.13. The van der Waals surface area contributed by atoms with E-state index in [1.54, 1.807) is 31.0 Å². The first-order chi connectivity index (χ1) is 15.9. The zero-order valence-corrected chi connectivity index (χ0v) is 18.5. The topological polar surface area (TPSA) is 102 Å². The summed E-state index contributed by atoms with van der Waals surface area (Å²) < 4.78 is 11.5. The van der Waals surface area contributed by atoms with E-state index in [2.05, 4.69) is 15.0 Å². The summed E-state index contributed by atoms with van der Waals surface area (Å²) >= 11 is 0. The van der Waals surface area contributed by atoms with Gasteiger partial charge in [0, 0.05) is 42.0 Å². The number of carbonyl (C=O) groups is 1. The van der Waals surface area contributed by atoms with E-state index < -0.39 is 5.60 Å². The molecular formula is C25H24N4O4. The Bertz CT molecular complexity index is 1300. The number of morpholine rings is 1. The fraction of sp³-hybridized carbons (Fsp3) is 0.280. The second-order valence-corrected chi connectivity index (χ2v) is 8.52. The molecule has 1 saturated heterocycles. The summed E-state index contributed by atoms with van der Waals surface area (Å²) in [4.78, 5) is 27.5. The predicted octanol–water partition coefficient (Wildman–Crippen LogP) is 3.65. The van der Waals surface area contributed by atoms with E-state index in [0.29, 0.717) is 60.1 Å². The molecule has 4 heterocycles. The molecule has 1 aromatic carbocycles. The zero-order valence-electron chi connectivity index (χ0n) is 18.5. The molecule has 1 N–H and O–H groups in total. The highest BCUT2D eigenvalue weighted by Gasteiger charge is 2.21. The minimum Gasteiger partial charge on any atom is -0.452 e. The van der Waals surface area contributed by atoms with Gasteiger partial charge in [-0.15, -0.1) is 0 Å². The normalized spacial score (nSPS) is 14.6. The third-order valence-corrected chi connectivity index (χ3v) is 5.69. The number of hydrogen-bond donors (Lipinski definition) is 1. The van der Waals surface area contributed by atoms with Crippen LogP contribution < -0.4 is 0 Å². The average Bonchev–Trinajstić information content (AvgIpc) is 3.28. The SMILES string of the molecule is CC(C)(O)c1cc(-c2ncnc3cc(-c4ccc(C(=O)N5CCOCC5)cc4)oc23)ccn1. The van der Waals surface area contributed by atoms with Crippen LogP contribution in [0.3, 0.4) is 0 Å². The lowest BCUT2D eigenvalue weighted by atomic mass is 10.0. The molecule has 5 rings (SSSR count). The summed E-state index contributed by atoms with van der Waals surface area (Å²) in [7, 11) is 0. The first kappa shape index (κ1) is 21.2. The third kappa shape index (κ3) is 4.22. The molecule has 0 bridgehead atoms. The van der Waals surface area contributed by atoms with Gasteiger partial charge in [0.15, 0.2) is 5.58 Å². The Morgan fingerprint density at radius 2 is 1.76 bits per heavy atom. The second-order valence-electron chi connectivity index (χ2n) is 8.52. The standard InChI is InChI=1S/C25H24N4O4/c1-25(2,31)21-13-18(7-8-26-21)22-23-19(27-15-28-22)14-20(33-23)16-3-5-17(6-4-16)24(30)29-9-11-32-12-10-29/h3-8,13-15,31H,9-12H2,1-2H3. The maximum Gasteiger partial charge on any atom is 0.254 e. The smallest absolute Gasteiger partial charge is 0.254 e. The lowest BCUT2D eigenvalue weighted by Gasteiger charge is -2.26. The number of rotatable bonds is 4. The molecule has 3 aromatic heterocycles. The molecule has 4 aromatic rings. The molecule has 8 heteroatoms. The second kappa shape index (κ2) is 8.38. The summed E-state index contributed by atoms with van der Waals surface area (Å²) in [6.45, 7) is 5.73. The number of carbonyl (C=O) groups excluding carboxylic acids is 1. The van der Waals surface area contributed by atoms with Gasteiger partial charge in [-0.1, -0.05) is 12.1 Å². The fourth-order valence-electron chi connectivity index (χ4n) is 3.84. The van der Waals surface area contributed by atoms with Gasteiger partial charge in [-0.05, 0) is 38.1 Å². The van der Waals surface area contributed by atoms with Crippen molar-refractivity contribution in [3.05, 3.63) is 66.2 Å². The van der Waals surface area contributed by atoms with Gasteiger partial charge in [-0.25, -0.2) is 9.97 Å². The van der Waals surface area contributed by atoms with Gasteiger partial charge < -0.3 is 19.2 Å². The van der Waals surface area contributed by atoms with Crippen LogP contribution in [0.2, 0.25) is 0 Å². The largest absolute Gasteiger partial charge is 0.452 e. The highest BCUT2D eigenvalue weighted by molar-refractivity contribution is 5.95. The predicted molar refractivity (Wildman–Crippen MR) is 122 cm³/mol. The first-order valence-electron chi connectivity index (χ1n) is 10.8. The van der Waals surface area contributed by atoms with Gasteiger partial charge in [0.25, 0.3) is 5.91 Å². The molecule has 168 valence electrons. The van der Waals surface area contributed by atoms with Crippen LogP contribution in [0.5, 0.6) is 0 Å². The number of aromatic nitrogens is 3. The molecule has 8 nitrogen and oxygen atoms in total. The van der Waals surface area contributed by atoms with Crippen molar-refractivity contribution in [2.24, 2.45) is 0 Å². The minimum absolute atomic E-state index is 0.00269. The first-order valence-corrected chi connectivity index (χ1v) is 10.8. The van der Waals surface area contributed by atoms with E-state index >= 15 is 0 Å². The third-order valence-electron chi connectivity index (χ3n) is 5.69. The molecule has 1 amide bonds. The van der Waals surface area contributed by atoms with Crippen molar-refractivity contribution in [1.29, 1.82) is 0 Å². The van der Waals surface area contributed by atoms with Gasteiger partial charge in [-0.2, -0.15) is 0 Å². The maximum absolute atomic E-state index is 12.7. The van der Waals surface area contributed by atoms with Crippen LogP contribution in [0.25, 0.3) is 33.7 Å². The van der Waals surface area contributed by atoms with Crippen LogP contribution in [0.4, 0.5) is 0 Å². The molecule has 0 spiro atoms. The molecule has 0 atom stereocenters. The lowest BCUT2D eigenvalue weighted by Crippen LogP contribution is -2.40. The molecule has 0 radical (unpaired) electrons. The number of amides is 1. The van der Waals surface area contributed by atoms with E-state index in [-0.39, 0.29) is 5.91 Å². The van der Waals surface area contributed by atoms with Crippen LogP contribution in [-0.4, -0.2) is 57.2 Å². The Hall–Kier alpha value is -3.62. The summed E-state index contributed by atoms with van der Waals surface area (Å²) in [5, 5.41) is 10.3. The summed E-state index contributed by atoms with van der Waals surface area (Å²) in [6, 6.07) is 12.9. The van der Waals surface area contributed by atoms with Crippen molar-refractivity contribution < 1.29 is 19.1 Å². The van der Waals surface area contributed by atoms with E-state index in [1.165, 1.54) is 6.33 Å². The van der Waals surface area contributed by atoms with Crippen molar-refractivity contribution >= 4 is 17.0 Å². The van der Waals surface area contributed by atoms with Crippen molar-refractivity contribution in [2.45, 2.75) is 19.4 Å². The van der Waals surface area contributed by atoms with Gasteiger partial charge in [0.2, 0.25) is 0 Å². The van der Waals surface area contributed by atoms with Crippen LogP contribution in [-0.2, 0) is 10.3 Å². The number of ether oxygens (including phenoxy) is 1. The molecular weight excluding hydrogens is 420 g/mol. The Morgan fingerprint density at radius 1 is 1.00 bits per heavy atom. The Kier molecular flexibility index (Phi) is 5.39. The van der Waals surface area contributed by atoms with Crippen LogP contribution >= 0.6 is 0 Å². The number of hydrogen-bond acceptors (Lipinski definition) is 7. The van der Waals surface area contributed by atoms with Crippen LogP contribution in [0.15, 0.2) is 59.4 Å². The summed E-state index contributed by atoms with van der Waals surface area (Å²) in [5.41, 5.74) is 3.56. The monoisotopic (exact) mass is 444 g/mol. The summed E-state index contributed by atoms with van der Waals surface area (Å²) in [5.74, 6) is 0.636. The highest BCUT2D eigenvalue weighted by atomic mass is 16.5. The van der Waals surface area contributed by atoms with E-state index in [4.69, 9.17) is 9.15 Å². The van der Waals surface area contributed by atoms with Crippen molar-refractivity contribution in [1.82, 2.24) is 19.9 Å².